The standard InChI is InChI=1S/C27H25NO2/c1-19-15-20(2)17-23(16-19)13-12-22-8-5-7-21(18-22)9-6-14-28-26(29)24-10-3-4-11-25(24)27(28)30/h3-5,7-8,10-13,15-18H,6,9,14H2,1-2H3. The molecule has 1 heterocycles. The lowest BCUT2D eigenvalue weighted by atomic mass is 10.0. The predicted molar refractivity (Wildman–Crippen MR) is 121 cm³/mol. The summed E-state index contributed by atoms with van der Waals surface area (Å²) in [4.78, 5) is 26.3. The zero-order chi connectivity index (χ0) is 21.1. The van der Waals surface area contributed by atoms with Crippen molar-refractivity contribution in [2.45, 2.75) is 26.7 Å². The number of imide groups is 1. The summed E-state index contributed by atoms with van der Waals surface area (Å²) in [6.07, 6.45) is 5.83. The molecule has 1 aliphatic rings. The molecule has 0 saturated heterocycles. The molecule has 0 fully saturated rings. The molecule has 0 saturated carbocycles. The average Bonchev–Trinajstić information content (AvgIpc) is 2.97. The van der Waals surface area contributed by atoms with Crippen LogP contribution in [0.2, 0.25) is 0 Å². The second-order valence-corrected chi connectivity index (χ2v) is 7.91. The Morgan fingerprint density at radius 2 is 1.37 bits per heavy atom. The molecule has 0 unspecified atom stereocenters. The molecular formula is C27H25NO2. The van der Waals surface area contributed by atoms with Crippen LogP contribution in [0.1, 0.15) is 55.0 Å². The molecule has 30 heavy (non-hydrogen) atoms. The Morgan fingerprint density at radius 3 is 2.03 bits per heavy atom. The second kappa shape index (κ2) is 8.50. The number of carbonyl (C=O) groups excluding carboxylic acids is 2. The highest BCUT2D eigenvalue weighted by Crippen LogP contribution is 2.23. The van der Waals surface area contributed by atoms with Crippen LogP contribution in [0.3, 0.4) is 0 Å². The molecule has 3 aromatic rings. The van der Waals surface area contributed by atoms with Gasteiger partial charge < -0.3 is 0 Å². The van der Waals surface area contributed by atoms with Crippen molar-refractivity contribution in [3.05, 3.63) is 106 Å². The summed E-state index contributed by atoms with van der Waals surface area (Å²) in [5.74, 6) is -0.360. The monoisotopic (exact) mass is 395 g/mol. The van der Waals surface area contributed by atoms with E-state index in [2.05, 4.69) is 68.5 Å². The molecule has 0 atom stereocenters. The van der Waals surface area contributed by atoms with Gasteiger partial charge in [0.25, 0.3) is 11.8 Å². The van der Waals surface area contributed by atoms with Crippen molar-refractivity contribution in [2.75, 3.05) is 6.54 Å². The van der Waals surface area contributed by atoms with E-state index in [1.807, 2.05) is 0 Å². The quantitative estimate of drug-likeness (QED) is 0.396. The fourth-order valence-corrected chi connectivity index (χ4v) is 4.03. The number of fused-ring (bicyclic) bond motifs is 1. The van der Waals surface area contributed by atoms with Crippen molar-refractivity contribution in [1.82, 2.24) is 4.90 Å². The number of hydrogen-bond donors (Lipinski definition) is 0. The van der Waals surface area contributed by atoms with Crippen molar-refractivity contribution >= 4 is 24.0 Å². The molecule has 150 valence electrons. The summed E-state index contributed by atoms with van der Waals surface area (Å²) in [5.41, 5.74) is 7.10. The molecule has 0 aliphatic carbocycles. The van der Waals surface area contributed by atoms with Crippen LogP contribution in [0.4, 0.5) is 0 Å². The number of amides is 2. The lowest BCUT2D eigenvalue weighted by Gasteiger charge is -2.13. The summed E-state index contributed by atoms with van der Waals surface area (Å²) in [5, 5.41) is 0. The third kappa shape index (κ3) is 4.25. The molecule has 0 N–H and O–H groups in total. The molecular weight excluding hydrogens is 370 g/mol. The number of nitrogens with zero attached hydrogens (tertiary/aromatic N) is 1. The van der Waals surface area contributed by atoms with Gasteiger partial charge in [0, 0.05) is 6.54 Å². The topological polar surface area (TPSA) is 37.4 Å². The fraction of sp³-hybridized carbons (Fsp3) is 0.185. The molecule has 3 aromatic carbocycles. The maximum Gasteiger partial charge on any atom is 0.261 e. The fourth-order valence-electron chi connectivity index (χ4n) is 4.03. The Bertz CT molecular complexity index is 1090. The van der Waals surface area contributed by atoms with E-state index in [0.717, 1.165) is 18.4 Å². The molecule has 0 aromatic heterocycles. The van der Waals surface area contributed by atoms with Gasteiger partial charge in [0.05, 0.1) is 11.1 Å². The van der Waals surface area contributed by atoms with Gasteiger partial charge >= 0.3 is 0 Å². The summed E-state index contributed by atoms with van der Waals surface area (Å²) < 4.78 is 0. The molecule has 0 bridgehead atoms. The van der Waals surface area contributed by atoms with Gasteiger partial charge in [0.1, 0.15) is 0 Å². The van der Waals surface area contributed by atoms with Crippen LogP contribution in [-0.2, 0) is 6.42 Å². The summed E-state index contributed by atoms with van der Waals surface area (Å²) in [6, 6.07) is 22.0. The van der Waals surface area contributed by atoms with Gasteiger partial charge in [-0.25, -0.2) is 0 Å². The maximum atomic E-state index is 12.5. The molecule has 2 amide bonds. The minimum atomic E-state index is -0.180. The lowest BCUT2D eigenvalue weighted by molar-refractivity contribution is 0.0652. The zero-order valence-corrected chi connectivity index (χ0v) is 17.4. The molecule has 0 spiro atoms. The highest BCUT2D eigenvalue weighted by Gasteiger charge is 2.34. The van der Waals surface area contributed by atoms with Gasteiger partial charge in [-0.2, -0.15) is 0 Å². The first-order valence-corrected chi connectivity index (χ1v) is 10.3. The van der Waals surface area contributed by atoms with E-state index >= 15 is 0 Å². The first-order chi connectivity index (χ1) is 14.5. The van der Waals surface area contributed by atoms with Gasteiger partial charge in [0.2, 0.25) is 0 Å². The highest BCUT2D eigenvalue weighted by atomic mass is 16.2. The Morgan fingerprint density at radius 1 is 0.733 bits per heavy atom. The van der Waals surface area contributed by atoms with Crippen molar-refractivity contribution in [1.29, 1.82) is 0 Å². The summed E-state index contributed by atoms with van der Waals surface area (Å²) in [7, 11) is 0. The minimum absolute atomic E-state index is 0.180. The van der Waals surface area contributed by atoms with Crippen molar-refractivity contribution in [2.24, 2.45) is 0 Å². The van der Waals surface area contributed by atoms with Crippen LogP contribution < -0.4 is 0 Å². The first-order valence-electron chi connectivity index (χ1n) is 10.3. The highest BCUT2D eigenvalue weighted by molar-refractivity contribution is 6.21. The predicted octanol–water partition coefficient (Wildman–Crippen LogP) is 5.70. The zero-order valence-electron chi connectivity index (χ0n) is 17.4. The Hall–Kier alpha value is -3.46. The van der Waals surface area contributed by atoms with E-state index < -0.39 is 0 Å². The van der Waals surface area contributed by atoms with E-state index in [1.54, 1.807) is 24.3 Å². The van der Waals surface area contributed by atoms with Crippen molar-refractivity contribution in [3.8, 4) is 0 Å². The Kier molecular flexibility index (Phi) is 5.62. The molecule has 1 aliphatic heterocycles. The van der Waals surface area contributed by atoms with E-state index in [4.69, 9.17) is 0 Å². The Labute approximate surface area is 177 Å². The third-order valence-electron chi connectivity index (χ3n) is 5.39. The summed E-state index contributed by atoms with van der Waals surface area (Å²) >= 11 is 0. The van der Waals surface area contributed by atoms with Gasteiger partial charge in [-0.1, -0.05) is 77.9 Å². The van der Waals surface area contributed by atoms with E-state index in [-0.39, 0.29) is 11.8 Å². The van der Waals surface area contributed by atoms with Crippen LogP contribution in [0.15, 0.2) is 66.7 Å². The SMILES string of the molecule is Cc1cc(C)cc(C=Cc2cccc(CCCN3C(=O)c4ccccc4C3=O)c2)c1. The van der Waals surface area contributed by atoms with Crippen LogP contribution in [0.5, 0.6) is 0 Å². The van der Waals surface area contributed by atoms with Gasteiger partial charge in [-0.3, -0.25) is 14.5 Å². The molecule has 0 radical (unpaired) electrons. The van der Waals surface area contributed by atoms with Crippen LogP contribution in [0.25, 0.3) is 12.2 Å². The van der Waals surface area contributed by atoms with Crippen LogP contribution >= 0.6 is 0 Å². The summed E-state index contributed by atoms with van der Waals surface area (Å²) in [6.45, 7) is 4.66. The third-order valence-corrected chi connectivity index (χ3v) is 5.39. The lowest BCUT2D eigenvalue weighted by Crippen LogP contribution is -2.30. The molecule has 3 nitrogen and oxygen atoms in total. The van der Waals surface area contributed by atoms with E-state index in [0.29, 0.717) is 17.7 Å². The molecule has 3 heteroatoms. The van der Waals surface area contributed by atoms with Crippen LogP contribution in [0, 0.1) is 13.8 Å². The smallest absolute Gasteiger partial charge is 0.261 e. The number of hydrogen-bond acceptors (Lipinski definition) is 2. The van der Waals surface area contributed by atoms with E-state index in [1.165, 1.54) is 27.2 Å². The van der Waals surface area contributed by atoms with Crippen LogP contribution in [-0.4, -0.2) is 23.3 Å². The number of carbonyl (C=O) groups is 2. The van der Waals surface area contributed by atoms with Crippen molar-refractivity contribution < 1.29 is 9.59 Å². The van der Waals surface area contributed by atoms with Crippen molar-refractivity contribution in [3.63, 3.8) is 0 Å². The van der Waals surface area contributed by atoms with Gasteiger partial charge in [0.15, 0.2) is 0 Å². The average molecular weight is 396 g/mol. The van der Waals surface area contributed by atoms with Gasteiger partial charge in [-0.15, -0.1) is 0 Å². The van der Waals surface area contributed by atoms with Gasteiger partial charge in [-0.05, 0) is 55.5 Å². The first kappa shape index (κ1) is 19.8. The largest absolute Gasteiger partial charge is 0.274 e. The number of aryl methyl sites for hydroxylation is 3. The number of rotatable bonds is 6. The number of benzene rings is 3. The minimum Gasteiger partial charge on any atom is -0.274 e. The normalized spacial score (nSPS) is 13.3. The Balaban J connectivity index is 1.38. The molecule has 4 rings (SSSR count). The van der Waals surface area contributed by atoms with E-state index in [9.17, 15) is 9.59 Å². The maximum absolute atomic E-state index is 12.5. The second-order valence-electron chi connectivity index (χ2n) is 7.91.